The van der Waals surface area contributed by atoms with Gasteiger partial charge in [-0.25, -0.2) is 9.78 Å². The Balaban J connectivity index is 1.58. The normalized spacial score (nSPS) is 21.5. The fourth-order valence-electron chi connectivity index (χ4n) is 3.13. The number of aromatic nitrogens is 1. The number of ether oxygens (including phenoxy) is 1. The van der Waals surface area contributed by atoms with E-state index in [0.717, 1.165) is 56.1 Å². The van der Waals surface area contributed by atoms with Crippen LogP contribution in [0.1, 0.15) is 54.2 Å². The van der Waals surface area contributed by atoms with Crippen LogP contribution >= 0.6 is 11.3 Å². The van der Waals surface area contributed by atoms with Gasteiger partial charge in [0.05, 0.1) is 23.9 Å². The smallest absolute Gasteiger partial charge is 0.317 e. The van der Waals surface area contributed by atoms with Crippen LogP contribution in [0, 0.1) is 13.8 Å². The van der Waals surface area contributed by atoms with E-state index in [2.05, 4.69) is 24.1 Å². The summed E-state index contributed by atoms with van der Waals surface area (Å²) in [7, 11) is 0. The van der Waals surface area contributed by atoms with Crippen molar-refractivity contribution < 1.29 is 9.53 Å². The van der Waals surface area contributed by atoms with Crippen LogP contribution in [0.2, 0.25) is 0 Å². The lowest BCUT2D eigenvalue weighted by Crippen LogP contribution is -2.55. The molecule has 2 amide bonds. The third-order valence-electron chi connectivity index (χ3n) is 4.98. The second-order valence-corrected chi connectivity index (χ2v) is 7.61. The fraction of sp³-hybridized carbons (Fsp3) is 0.750. The van der Waals surface area contributed by atoms with Crippen molar-refractivity contribution in [1.82, 2.24) is 15.2 Å². The standard InChI is InChI=1S/C16H25N3O2S/c1-4-13(14-17-11(2)12(3)22-14)18-15(20)19-8-5-16(6-9-19)7-10-21-16/h13H,4-10H2,1-3H3,(H,18,20)/t13-/m0/s1. The molecule has 1 atom stereocenters. The third kappa shape index (κ3) is 2.99. The van der Waals surface area contributed by atoms with Crippen molar-refractivity contribution in [2.45, 2.75) is 58.1 Å². The molecule has 5 nitrogen and oxygen atoms in total. The number of thiazole rings is 1. The van der Waals surface area contributed by atoms with E-state index in [1.165, 1.54) is 4.88 Å². The van der Waals surface area contributed by atoms with Gasteiger partial charge in [0.25, 0.3) is 0 Å². The highest BCUT2D eigenvalue weighted by Crippen LogP contribution is 2.36. The summed E-state index contributed by atoms with van der Waals surface area (Å²) >= 11 is 1.68. The molecule has 2 fully saturated rings. The van der Waals surface area contributed by atoms with Crippen molar-refractivity contribution in [3.63, 3.8) is 0 Å². The second-order valence-electron chi connectivity index (χ2n) is 6.37. The molecule has 3 rings (SSSR count). The van der Waals surface area contributed by atoms with Crippen molar-refractivity contribution in [2.75, 3.05) is 19.7 Å². The monoisotopic (exact) mass is 323 g/mol. The van der Waals surface area contributed by atoms with Crippen molar-refractivity contribution >= 4 is 17.4 Å². The summed E-state index contributed by atoms with van der Waals surface area (Å²) in [6.07, 6.45) is 3.94. The number of carbonyl (C=O) groups is 1. The fourth-order valence-corrected chi connectivity index (χ4v) is 4.19. The van der Waals surface area contributed by atoms with E-state index >= 15 is 0 Å². The molecule has 122 valence electrons. The van der Waals surface area contributed by atoms with E-state index in [4.69, 9.17) is 4.74 Å². The first kappa shape index (κ1) is 15.7. The molecule has 1 spiro atoms. The summed E-state index contributed by atoms with van der Waals surface area (Å²) in [5.41, 5.74) is 1.15. The van der Waals surface area contributed by atoms with Gasteiger partial charge < -0.3 is 15.0 Å². The molecule has 2 aliphatic heterocycles. The number of nitrogens with zero attached hydrogens (tertiary/aromatic N) is 2. The summed E-state index contributed by atoms with van der Waals surface area (Å²) in [6, 6.07) is 0.0484. The largest absolute Gasteiger partial charge is 0.375 e. The van der Waals surface area contributed by atoms with E-state index in [1.807, 2.05) is 11.8 Å². The molecule has 1 N–H and O–H groups in total. The number of rotatable bonds is 3. The van der Waals surface area contributed by atoms with Crippen LogP contribution in [-0.2, 0) is 4.74 Å². The van der Waals surface area contributed by atoms with Crippen molar-refractivity contribution in [3.8, 4) is 0 Å². The highest BCUT2D eigenvalue weighted by atomic mass is 32.1. The zero-order chi connectivity index (χ0) is 15.7. The van der Waals surface area contributed by atoms with Gasteiger partial charge in [-0.15, -0.1) is 11.3 Å². The van der Waals surface area contributed by atoms with Crippen LogP contribution in [0.3, 0.4) is 0 Å². The van der Waals surface area contributed by atoms with Gasteiger partial charge >= 0.3 is 6.03 Å². The van der Waals surface area contributed by atoms with Gasteiger partial charge in [0, 0.05) is 18.0 Å². The first-order valence-corrected chi connectivity index (χ1v) is 8.98. The Morgan fingerprint density at radius 2 is 2.09 bits per heavy atom. The first-order chi connectivity index (χ1) is 10.5. The summed E-state index contributed by atoms with van der Waals surface area (Å²) in [5.74, 6) is 0. The first-order valence-electron chi connectivity index (χ1n) is 8.16. The molecule has 22 heavy (non-hydrogen) atoms. The molecule has 2 aliphatic rings. The summed E-state index contributed by atoms with van der Waals surface area (Å²) in [5, 5.41) is 4.17. The number of piperidine rings is 1. The second kappa shape index (κ2) is 6.16. The Kier molecular flexibility index (Phi) is 4.41. The number of likely N-dealkylation sites (tertiary alicyclic amines) is 1. The molecule has 1 aromatic rings. The Hall–Kier alpha value is -1.14. The van der Waals surface area contributed by atoms with Gasteiger partial charge in [0.2, 0.25) is 0 Å². The lowest BCUT2D eigenvalue weighted by molar-refractivity contribution is -0.169. The third-order valence-corrected chi connectivity index (χ3v) is 6.16. The van der Waals surface area contributed by atoms with Gasteiger partial charge in [0.1, 0.15) is 5.01 Å². The van der Waals surface area contributed by atoms with Gasteiger partial charge in [-0.05, 0) is 39.5 Å². The molecular formula is C16H25N3O2S. The molecule has 0 bridgehead atoms. The van der Waals surface area contributed by atoms with Crippen LogP contribution in [0.5, 0.6) is 0 Å². The molecule has 0 radical (unpaired) electrons. The summed E-state index contributed by atoms with van der Waals surface area (Å²) in [6.45, 7) is 8.65. The average Bonchev–Trinajstić information content (AvgIpc) is 2.82. The van der Waals surface area contributed by atoms with Crippen LogP contribution < -0.4 is 5.32 Å². The maximum Gasteiger partial charge on any atom is 0.317 e. The van der Waals surface area contributed by atoms with Crippen molar-refractivity contribution in [1.29, 1.82) is 0 Å². The van der Waals surface area contributed by atoms with Gasteiger partial charge in [-0.3, -0.25) is 0 Å². The van der Waals surface area contributed by atoms with E-state index in [9.17, 15) is 4.79 Å². The van der Waals surface area contributed by atoms with Crippen molar-refractivity contribution in [2.24, 2.45) is 0 Å². The summed E-state index contributed by atoms with van der Waals surface area (Å²) < 4.78 is 5.71. The van der Waals surface area contributed by atoms with E-state index in [0.29, 0.717) is 0 Å². The Labute approximate surface area is 136 Å². The van der Waals surface area contributed by atoms with Gasteiger partial charge in [0.15, 0.2) is 0 Å². The Morgan fingerprint density at radius 3 is 2.55 bits per heavy atom. The zero-order valence-corrected chi connectivity index (χ0v) is 14.5. The Morgan fingerprint density at radius 1 is 1.41 bits per heavy atom. The molecule has 0 aromatic carbocycles. The number of nitrogens with one attached hydrogen (secondary N) is 1. The van der Waals surface area contributed by atoms with Gasteiger partial charge in [-0.2, -0.15) is 0 Å². The molecule has 3 heterocycles. The minimum atomic E-state index is 0.0146. The predicted molar refractivity (Wildman–Crippen MR) is 87.3 cm³/mol. The van der Waals surface area contributed by atoms with E-state index < -0.39 is 0 Å². The number of amides is 2. The Bertz CT molecular complexity index is 524. The highest BCUT2D eigenvalue weighted by Gasteiger charge is 2.42. The molecule has 0 saturated carbocycles. The number of urea groups is 1. The van der Waals surface area contributed by atoms with Crippen LogP contribution in [-0.4, -0.2) is 41.2 Å². The molecular weight excluding hydrogens is 298 g/mol. The number of hydrogen-bond acceptors (Lipinski definition) is 4. The average molecular weight is 323 g/mol. The highest BCUT2D eigenvalue weighted by molar-refractivity contribution is 7.11. The molecule has 0 unspecified atom stereocenters. The van der Waals surface area contributed by atoms with Gasteiger partial charge in [-0.1, -0.05) is 6.92 Å². The molecule has 6 heteroatoms. The predicted octanol–water partition coefficient (Wildman–Crippen LogP) is 3.18. The summed E-state index contributed by atoms with van der Waals surface area (Å²) in [4.78, 5) is 20.2. The maximum absolute atomic E-state index is 12.5. The number of carbonyl (C=O) groups excluding carboxylic acids is 1. The number of hydrogen-bond donors (Lipinski definition) is 1. The topological polar surface area (TPSA) is 54.5 Å². The van der Waals surface area contributed by atoms with Crippen LogP contribution in [0.25, 0.3) is 0 Å². The van der Waals surface area contributed by atoms with Crippen LogP contribution in [0.4, 0.5) is 4.79 Å². The maximum atomic E-state index is 12.5. The quantitative estimate of drug-likeness (QED) is 0.929. The molecule has 1 aromatic heterocycles. The lowest BCUT2D eigenvalue weighted by atomic mass is 9.84. The molecule has 2 saturated heterocycles. The van der Waals surface area contributed by atoms with E-state index in [1.54, 1.807) is 11.3 Å². The minimum absolute atomic E-state index is 0.0146. The molecule has 0 aliphatic carbocycles. The number of aryl methyl sites for hydroxylation is 2. The SMILES string of the molecule is CC[C@H](NC(=O)N1CCC2(CCO2)CC1)c1nc(C)c(C)s1. The van der Waals surface area contributed by atoms with Crippen LogP contribution in [0.15, 0.2) is 0 Å². The van der Waals surface area contributed by atoms with E-state index in [-0.39, 0.29) is 17.7 Å². The van der Waals surface area contributed by atoms with Crippen molar-refractivity contribution in [3.05, 3.63) is 15.6 Å². The zero-order valence-electron chi connectivity index (χ0n) is 13.6. The lowest BCUT2D eigenvalue weighted by Gasteiger charge is -2.47. The minimum Gasteiger partial charge on any atom is -0.375 e.